The summed E-state index contributed by atoms with van der Waals surface area (Å²) < 4.78 is -0.148. The van der Waals surface area contributed by atoms with Crippen LogP contribution in [0.25, 0.3) is 0 Å². The first-order valence-corrected chi connectivity index (χ1v) is 11.8. The van der Waals surface area contributed by atoms with Gasteiger partial charge in [0.25, 0.3) is 0 Å². The molecule has 1 amide bonds. The molecule has 1 N–H and O–H groups in total. The number of carbonyl (C=O) groups is 1. The molecule has 1 aromatic carbocycles. The molecule has 2 aliphatic heterocycles. The third-order valence-corrected chi connectivity index (χ3v) is 7.62. The molecule has 1 unspecified atom stereocenters. The van der Waals surface area contributed by atoms with E-state index in [1.807, 2.05) is 24.0 Å². The van der Waals surface area contributed by atoms with Gasteiger partial charge in [0, 0.05) is 43.3 Å². The first kappa shape index (κ1) is 21.3. The second-order valence-electron chi connectivity index (χ2n) is 8.74. The number of nitrogens with one attached hydrogen (secondary N) is 1. The maximum atomic E-state index is 13.3. The number of aryl methyl sites for hydroxylation is 1. The minimum Gasteiger partial charge on any atom is -0.339 e. The Kier molecular flexibility index (Phi) is 6.76. The van der Waals surface area contributed by atoms with E-state index >= 15 is 0 Å². The smallest absolute Gasteiger partial charge is 0.241 e. The number of piperazine rings is 1. The quantitative estimate of drug-likeness (QED) is 0.771. The van der Waals surface area contributed by atoms with Crippen LogP contribution in [0.5, 0.6) is 0 Å². The summed E-state index contributed by atoms with van der Waals surface area (Å²) in [5.41, 5.74) is 2.54. The van der Waals surface area contributed by atoms with Gasteiger partial charge in [0.05, 0.1) is 5.37 Å². The van der Waals surface area contributed by atoms with Crippen molar-refractivity contribution in [2.45, 2.75) is 42.9 Å². The van der Waals surface area contributed by atoms with E-state index in [1.54, 1.807) is 6.20 Å². The van der Waals surface area contributed by atoms with Crippen molar-refractivity contribution in [3.8, 4) is 0 Å². The van der Waals surface area contributed by atoms with Crippen LogP contribution in [0.1, 0.15) is 36.8 Å². The highest BCUT2D eigenvalue weighted by atomic mass is 32.2. The standard InChI is InChI=1S/C24H32N4OS/c1-24(2)21(26-22(30-24)20-11-6-12-25-18-20)23(29)28-16-14-27(15-17-28)13-7-10-19-8-4-3-5-9-19/h3-6,8-9,11-12,18,21-22,26H,7,10,13-17H2,1-2H3/t21-,22?/m1/s1. The van der Waals surface area contributed by atoms with E-state index in [4.69, 9.17) is 0 Å². The Morgan fingerprint density at radius 3 is 2.60 bits per heavy atom. The normalized spacial score (nSPS) is 24.1. The summed E-state index contributed by atoms with van der Waals surface area (Å²) in [4.78, 5) is 22.1. The van der Waals surface area contributed by atoms with Crippen LogP contribution in [0.4, 0.5) is 0 Å². The van der Waals surface area contributed by atoms with E-state index in [9.17, 15) is 4.79 Å². The van der Waals surface area contributed by atoms with Gasteiger partial charge >= 0.3 is 0 Å². The average molecular weight is 425 g/mol. The highest BCUT2D eigenvalue weighted by Gasteiger charge is 2.47. The zero-order chi connectivity index (χ0) is 21.0. The molecule has 2 fully saturated rings. The summed E-state index contributed by atoms with van der Waals surface area (Å²) in [6, 6.07) is 14.5. The van der Waals surface area contributed by atoms with Gasteiger partial charge in [0.15, 0.2) is 0 Å². The molecule has 3 heterocycles. The molecule has 4 rings (SSSR count). The molecular formula is C24H32N4OS. The second-order valence-corrected chi connectivity index (χ2v) is 10.5. The molecule has 2 aromatic rings. The van der Waals surface area contributed by atoms with Crippen LogP contribution in [0.3, 0.4) is 0 Å². The highest BCUT2D eigenvalue weighted by molar-refractivity contribution is 8.01. The molecule has 0 aliphatic carbocycles. The Balaban J connectivity index is 1.26. The minimum absolute atomic E-state index is 0.113. The van der Waals surface area contributed by atoms with Gasteiger partial charge in [-0.2, -0.15) is 0 Å². The number of rotatable bonds is 6. The van der Waals surface area contributed by atoms with Gasteiger partial charge in [0.2, 0.25) is 5.91 Å². The van der Waals surface area contributed by atoms with Gasteiger partial charge in [-0.15, -0.1) is 11.8 Å². The maximum absolute atomic E-state index is 13.3. The Morgan fingerprint density at radius 2 is 1.90 bits per heavy atom. The number of pyridine rings is 1. The fourth-order valence-electron chi connectivity index (χ4n) is 4.35. The van der Waals surface area contributed by atoms with Crippen LogP contribution in [0, 0.1) is 0 Å². The summed E-state index contributed by atoms with van der Waals surface area (Å²) in [6.07, 6.45) is 5.96. The van der Waals surface area contributed by atoms with Crippen molar-refractivity contribution in [1.82, 2.24) is 20.1 Å². The molecule has 0 saturated carbocycles. The third kappa shape index (κ3) is 5.05. The van der Waals surface area contributed by atoms with E-state index in [0.717, 1.165) is 44.7 Å². The first-order valence-electron chi connectivity index (χ1n) is 10.9. The van der Waals surface area contributed by atoms with E-state index in [0.29, 0.717) is 0 Å². The minimum atomic E-state index is -0.169. The van der Waals surface area contributed by atoms with Crippen LogP contribution >= 0.6 is 11.8 Å². The lowest BCUT2D eigenvalue weighted by Crippen LogP contribution is -2.56. The summed E-state index contributed by atoms with van der Waals surface area (Å²) in [5.74, 6) is 0.239. The number of thioether (sulfide) groups is 1. The maximum Gasteiger partial charge on any atom is 0.241 e. The van der Waals surface area contributed by atoms with Gasteiger partial charge in [-0.1, -0.05) is 36.4 Å². The van der Waals surface area contributed by atoms with Crippen molar-refractivity contribution in [2.24, 2.45) is 0 Å². The highest BCUT2D eigenvalue weighted by Crippen LogP contribution is 2.45. The lowest BCUT2D eigenvalue weighted by molar-refractivity contribution is -0.135. The summed E-state index contributed by atoms with van der Waals surface area (Å²) in [6.45, 7) is 9.01. The first-order chi connectivity index (χ1) is 14.5. The Bertz CT molecular complexity index is 822. The summed E-state index contributed by atoms with van der Waals surface area (Å²) in [7, 11) is 0. The van der Waals surface area contributed by atoms with Crippen molar-refractivity contribution in [2.75, 3.05) is 32.7 Å². The fraction of sp³-hybridized carbons (Fsp3) is 0.500. The molecule has 0 spiro atoms. The average Bonchev–Trinajstić information content (AvgIpc) is 3.10. The van der Waals surface area contributed by atoms with Crippen molar-refractivity contribution in [3.05, 3.63) is 66.0 Å². The second kappa shape index (κ2) is 9.50. The van der Waals surface area contributed by atoms with Crippen molar-refractivity contribution >= 4 is 17.7 Å². The molecule has 5 nitrogen and oxygen atoms in total. The van der Waals surface area contributed by atoms with Crippen LogP contribution < -0.4 is 5.32 Å². The fourth-order valence-corrected chi connectivity index (χ4v) is 5.74. The zero-order valence-electron chi connectivity index (χ0n) is 18.0. The number of benzene rings is 1. The lowest BCUT2D eigenvalue weighted by Gasteiger charge is -2.37. The predicted octanol–water partition coefficient (Wildman–Crippen LogP) is 3.34. The Labute approximate surface area is 184 Å². The van der Waals surface area contributed by atoms with Crippen LogP contribution in [0.2, 0.25) is 0 Å². The predicted molar refractivity (Wildman–Crippen MR) is 123 cm³/mol. The Morgan fingerprint density at radius 1 is 1.13 bits per heavy atom. The molecule has 0 radical (unpaired) electrons. The molecule has 6 heteroatoms. The number of hydrogen-bond donors (Lipinski definition) is 1. The molecule has 2 saturated heterocycles. The molecule has 1 aromatic heterocycles. The monoisotopic (exact) mass is 424 g/mol. The number of hydrogen-bond acceptors (Lipinski definition) is 5. The molecule has 2 aliphatic rings. The molecule has 160 valence electrons. The van der Waals surface area contributed by atoms with Gasteiger partial charge in [0.1, 0.15) is 6.04 Å². The molecular weight excluding hydrogens is 392 g/mol. The van der Waals surface area contributed by atoms with E-state index in [2.05, 4.69) is 70.3 Å². The van der Waals surface area contributed by atoms with Crippen LogP contribution in [-0.4, -0.2) is 64.2 Å². The van der Waals surface area contributed by atoms with Gasteiger partial charge in [-0.3, -0.25) is 20.0 Å². The van der Waals surface area contributed by atoms with Crippen LogP contribution in [-0.2, 0) is 11.2 Å². The molecule has 30 heavy (non-hydrogen) atoms. The third-order valence-electron chi connectivity index (χ3n) is 6.14. The number of nitrogens with zero attached hydrogens (tertiary/aromatic N) is 3. The van der Waals surface area contributed by atoms with Crippen molar-refractivity contribution < 1.29 is 4.79 Å². The van der Waals surface area contributed by atoms with E-state index in [-0.39, 0.29) is 22.1 Å². The van der Waals surface area contributed by atoms with Crippen molar-refractivity contribution in [3.63, 3.8) is 0 Å². The van der Waals surface area contributed by atoms with E-state index in [1.165, 1.54) is 12.0 Å². The topological polar surface area (TPSA) is 48.5 Å². The van der Waals surface area contributed by atoms with Gasteiger partial charge in [-0.05, 0) is 50.4 Å². The van der Waals surface area contributed by atoms with Crippen LogP contribution in [0.15, 0.2) is 54.9 Å². The number of carbonyl (C=O) groups excluding carboxylic acids is 1. The van der Waals surface area contributed by atoms with Gasteiger partial charge in [-0.25, -0.2) is 0 Å². The number of aromatic nitrogens is 1. The summed E-state index contributed by atoms with van der Waals surface area (Å²) in [5, 5.41) is 3.69. The number of amides is 1. The molecule has 0 bridgehead atoms. The zero-order valence-corrected chi connectivity index (χ0v) is 18.8. The Hall–Kier alpha value is -1.89. The lowest BCUT2D eigenvalue weighted by atomic mass is 10.0. The summed E-state index contributed by atoms with van der Waals surface area (Å²) >= 11 is 1.82. The SMILES string of the molecule is CC1(C)SC(c2cccnc2)N[C@@H]1C(=O)N1CCN(CCCc2ccccc2)CC1. The largest absolute Gasteiger partial charge is 0.339 e. The van der Waals surface area contributed by atoms with Gasteiger partial charge < -0.3 is 4.90 Å². The van der Waals surface area contributed by atoms with E-state index < -0.39 is 0 Å². The van der Waals surface area contributed by atoms with Crippen molar-refractivity contribution in [1.29, 1.82) is 0 Å². The molecule has 2 atom stereocenters.